The molecule has 5 heteroatoms. The molecule has 0 bridgehead atoms. The third kappa shape index (κ3) is 2.36. The van der Waals surface area contributed by atoms with Crippen LogP contribution in [-0.2, 0) is 7.05 Å². The second-order valence-electron chi connectivity index (χ2n) is 5.55. The topological polar surface area (TPSA) is 30.7 Å². The average Bonchev–Trinajstić information content (AvgIpc) is 2.89. The molecule has 4 aromatic rings. The lowest BCUT2D eigenvalue weighted by Crippen LogP contribution is -1.93. The summed E-state index contributed by atoms with van der Waals surface area (Å²) in [6, 6.07) is 12.2. The maximum atomic E-state index is 13.3. The molecule has 0 atom stereocenters. The van der Waals surface area contributed by atoms with Gasteiger partial charge in [0.25, 0.3) is 0 Å². The summed E-state index contributed by atoms with van der Waals surface area (Å²) in [5.41, 5.74) is 4.95. The van der Waals surface area contributed by atoms with E-state index in [0.717, 1.165) is 33.3 Å². The Morgan fingerprint density at radius 3 is 2.42 bits per heavy atom. The molecule has 0 fully saturated rings. The van der Waals surface area contributed by atoms with E-state index in [1.165, 1.54) is 12.1 Å². The molecule has 0 saturated heterocycles. The molecule has 0 aliphatic heterocycles. The molecule has 0 amide bonds. The zero-order chi connectivity index (χ0) is 16.7. The molecule has 0 aliphatic carbocycles. The van der Waals surface area contributed by atoms with Crippen molar-refractivity contribution in [3.8, 4) is 22.4 Å². The molecular weight excluding hydrogens is 325 g/mol. The van der Waals surface area contributed by atoms with E-state index in [1.54, 1.807) is 30.7 Å². The summed E-state index contributed by atoms with van der Waals surface area (Å²) in [5, 5.41) is 1.43. The predicted octanol–water partition coefficient (Wildman–Crippen LogP) is 5.09. The Balaban J connectivity index is 2.11. The summed E-state index contributed by atoms with van der Waals surface area (Å²) < 4.78 is 15.4. The molecule has 0 N–H and O–H groups in total. The monoisotopic (exact) mass is 337 g/mol. The maximum Gasteiger partial charge on any atom is 0.131 e. The first-order valence-corrected chi connectivity index (χ1v) is 7.83. The molecule has 1 aromatic carbocycles. The highest BCUT2D eigenvalue weighted by molar-refractivity contribution is 6.30. The summed E-state index contributed by atoms with van der Waals surface area (Å²) in [5.74, 6) is -0.257. The molecule has 4 rings (SSSR count). The molecule has 3 heterocycles. The second-order valence-corrected chi connectivity index (χ2v) is 5.94. The molecule has 3 nitrogen and oxygen atoms in total. The molecule has 0 saturated carbocycles. The Labute approximate surface area is 143 Å². The smallest absolute Gasteiger partial charge is 0.131 e. The van der Waals surface area contributed by atoms with Crippen LogP contribution in [0, 0.1) is 5.82 Å². The van der Waals surface area contributed by atoms with Gasteiger partial charge in [0.1, 0.15) is 11.0 Å². The van der Waals surface area contributed by atoms with Gasteiger partial charge in [-0.05, 0) is 53.6 Å². The van der Waals surface area contributed by atoms with Crippen LogP contribution in [0.3, 0.4) is 0 Å². The number of hydrogen-bond donors (Lipinski definition) is 0. The Morgan fingerprint density at radius 1 is 1.00 bits per heavy atom. The van der Waals surface area contributed by atoms with Crippen LogP contribution >= 0.6 is 11.6 Å². The van der Waals surface area contributed by atoms with Gasteiger partial charge in [-0.15, -0.1) is 0 Å². The van der Waals surface area contributed by atoms with Crippen LogP contribution in [0.15, 0.2) is 61.1 Å². The normalized spacial score (nSPS) is 11.1. The highest BCUT2D eigenvalue weighted by Gasteiger charge is 2.19. The van der Waals surface area contributed by atoms with Crippen LogP contribution in [0.1, 0.15) is 0 Å². The van der Waals surface area contributed by atoms with Crippen molar-refractivity contribution in [2.24, 2.45) is 7.05 Å². The van der Waals surface area contributed by atoms with E-state index in [-0.39, 0.29) is 5.82 Å². The number of aryl methyl sites for hydroxylation is 1. The number of nitrogens with zero attached hydrogens (tertiary/aromatic N) is 3. The van der Waals surface area contributed by atoms with Crippen molar-refractivity contribution in [3.63, 3.8) is 0 Å². The van der Waals surface area contributed by atoms with Crippen molar-refractivity contribution in [2.75, 3.05) is 0 Å². The van der Waals surface area contributed by atoms with Crippen LogP contribution in [0.2, 0.25) is 5.15 Å². The minimum Gasteiger partial charge on any atom is -0.343 e. The number of benzene rings is 1. The van der Waals surface area contributed by atoms with Gasteiger partial charge in [0, 0.05) is 36.6 Å². The highest BCUT2D eigenvalue weighted by atomic mass is 35.5. The van der Waals surface area contributed by atoms with E-state index in [2.05, 4.69) is 14.5 Å². The summed E-state index contributed by atoms with van der Waals surface area (Å²) in [4.78, 5) is 8.32. The summed E-state index contributed by atoms with van der Waals surface area (Å²) in [6.45, 7) is 0. The van der Waals surface area contributed by atoms with Gasteiger partial charge < -0.3 is 4.57 Å². The fourth-order valence-electron chi connectivity index (χ4n) is 3.06. The summed E-state index contributed by atoms with van der Waals surface area (Å²) in [7, 11) is 1.97. The lowest BCUT2D eigenvalue weighted by Gasteiger charge is -2.08. The largest absolute Gasteiger partial charge is 0.343 e. The third-order valence-corrected chi connectivity index (χ3v) is 4.35. The first kappa shape index (κ1) is 14.8. The van der Waals surface area contributed by atoms with Crippen LogP contribution in [-0.4, -0.2) is 14.5 Å². The minimum absolute atomic E-state index is 0.257. The SMILES string of the molecule is Cn1c(-c2ccc(F)cc2)c(-c2ccncc2)c2cnc(Cl)cc21. The standard InChI is InChI=1S/C19H13ClFN3/c1-24-16-10-17(20)23-11-15(16)18(12-6-8-22-9-7-12)19(24)13-2-4-14(21)5-3-13/h2-11H,1H3. The van der Waals surface area contributed by atoms with E-state index in [1.807, 2.05) is 25.2 Å². The summed E-state index contributed by atoms with van der Waals surface area (Å²) >= 11 is 6.08. The number of fused-ring (bicyclic) bond motifs is 1. The summed E-state index contributed by atoms with van der Waals surface area (Å²) in [6.07, 6.45) is 5.29. The Hall–Kier alpha value is -2.72. The van der Waals surface area contributed by atoms with Crippen molar-refractivity contribution in [1.29, 1.82) is 0 Å². The second kappa shape index (κ2) is 5.73. The van der Waals surface area contributed by atoms with Gasteiger partial charge in [-0.3, -0.25) is 4.98 Å². The van der Waals surface area contributed by atoms with Gasteiger partial charge in [0.05, 0.1) is 11.2 Å². The van der Waals surface area contributed by atoms with E-state index < -0.39 is 0 Å². The average molecular weight is 338 g/mol. The number of aromatic nitrogens is 3. The van der Waals surface area contributed by atoms with Crippen LogP contribution in [0.5, 0.6) is 0 Å². The fourth-order valence-corrected chi connectivity index (χ4v) is 3.21. The number of rotatable bonds is 2. The third-order valence-electron chi connectivity index (χ3n) is 4.14. The van der Waals surface area contributed by atoms with Crippen LogP contribution in [0.25, 0.3) is 33.3 Å². The van der Waals surface area contributed by atoms with E-state index >= 15 is 0 Å². The van der Waals surface area contributed by atoms with Crippen molar-refractivity contribution in [2.45, 2.75) is 0 Å². The Morgan fingerprint density at radius 2 is 1.71 bits per heavy atom. The van der Waals surface area contributed by atoms with Crippen molar-refractivity contribution in [1.82, 2.24) is 14.5 Å². The lowest BCUT2D eigenvalue weighted by molar-refractivity contribution is 0.628. The van der Waals surface area contributed by atoms with E-state index in [4.69, 9.17) is 11.6 Å². The van der Waals surface area contributed by atoms with Gasteiger partial charge in [0.2, 0.25) is 0 Å². The molecule has 0 unspecified atom stereocenters. The zero-order valence-electron chi connectivity index (χ0n) is 12.9. The molecular formula is C19H13ClFN3. The first-order valence-electron chi connectivity index (χ1n) is 7.45. The number of hydrogen-bond acceptors (Lipinski definition) is 2. The maximum absolute atomic E-state index is 13.3. The number of pyridine rings is 2. The fraction of sp³-hybridized carbons (Fsp3) is 0.0526. The molecule has 3 aromatic heterocycles. The highest BCUT2D eigenvalue weighted by Crippen LogP contribution is 2.40. The Kier molecular flexibility index (Phi) is 3.54. The van der Waals surface area contributed by atoms with Gasteiger partial charge in [-0.2, -0.15) is 0 Å². The van der Waals surface area contributed by atoms with Gasteiger partial charge in [-0.1, -0.05) is 11.6 Å². The van der Waals surface area contributed by atoms with E-state index in [0.29, 0.717) is 5.15 Å². The van der Waals surface area contributed by atoms with Gasteiger partial charge in [0.15, 0.2) is 0 Å². The predicted molar refractivity (Wildman–Crippen MR) is 94.3 cm³/mol. The van der Waals surface area contributed by atoms with E-state index in [9.17, 15) is 4.39 Å². The quantitative estimate of drug-likeness (QED) is 0.477. The van der Waals surface area contributed by atoms with Crippen LogP contribution < -0.4 is 0 Å². The molecule has 24 heavy (non-hydrogen) atoms. The van der Waals surface area contributed by atoms with Gasteiger partial charge in [-0.25, -0.2) is 9.37 Å². The minimum atomic E-state index is -0.257. The molecule has 118 valence electrons. The van der Waals surface area contributed by atoms with Gasteiger partial charge >= 0.3 is 0 Å². The lowest BCUT2D eigenvalue weighted by atomic mass is 10.00. The van der Waals surface area contributed by atoms with Crippen molar-refractivity contribution in [3.05, 3.63) is 72.0 Å². The Bertz CT molecular complexity index is 1020. The van der Waals surface area contributed by atoms with Crippen molar-refractivity contribution < 1.29 is 4.39 Å². The van der Waals surface area contributed by atoms with Crippen LogP contribution in [0.4, 0.5) is 4.39 Å². The van der Waals surface area contributed by atoms with Crippen molar-refractivity contribution >= 4 is 22.5 Å². The molecule has 0 aliphatic rings. The number of halogens is 2. The molecule has 0 spiro atoms. The molecule has 0 radical (unpaired) electrons. The first-order chi connectivity index (χ1) is 11.6. The zero-order valence-corrected chi connectivity index (χ0v) is 13.6.